The number of ether oxygens (including phenoxy) is 3. The average Bonchev–Trinajstić information content (AvgIpc) is 2.73. The molecular weight excluding hydrogens is 476 g/mol. The van der Waals surface area contributed by atoms with Crippen LogP contribution in [0.2, 0.25) is 0 Å². The molecule has 2 amide bonds. The lowest BCUT2D eigenvalue weighted by molar-refractivity contribution is -0.145. The van der Waals surface area contributed by atoms with E-state index in [1.807, 2.05) is 55.4 Å². The summed E-state index contributed by atoms with van der Waals surface area (Å²) in [7, 11) is 1.65. The van der Waals surface area contributed by atoms with Gasteiger partial charge in [0.05, 0.1) is 48.2 Å². The van der Waals surface area contributed by atoms with Crippen LogP contribution in [0.15, 0.2) is 0 Å². The average molecular weight is 531 g/mol. The van der Waals surface area contributed by atoms with E-state index in [2.05, 4.69) is 10.6 Å². The molecule has 218 valence electrons. The molecule has 0 bridgehead atoms. The van der Waals surface area contributed by atoms with Crippen molar-refractivity contribution in [2.24, 2.45) is 16.7 Å². The van der Waals surface area contributed by atoms with Gasteiger partial charge in [-0.2, -0.15) is 0 Å². The molecule has 0 aliphatic carbocycles. The number of rotatable bonds is 16. The van der Waals surface area contributed by atoms with Gasteiger partial charge in [0.2, 0.25) is 11.8 Å². The van der Waals surface area contributed by atoms with Crippen molar-refractivity contribution in [2.75, 3.05) is 20.3 Å². The number of carboxylic acids is 1. The van der Waals surface area contributed by atoms with E-state index < -0.39 is 28.3 Å². The van der Waals surface area contributed by atoms with Gasteiger partial charge in [0.25, 0.3) is 0 Å². The van der Waals surface area contributed by atoms with Gasteiger partial charge < -0.3 is 30.0 Å². The van der Waals surface area contributed by atoms with Crippen LogP contribution in [0.3, 0.4) is 0 Å². The first-order valence-corrected chi connectivity index (χ1v) is 13.2. The summed E-state index contributed by atoms with van der Waals surface area (Å²) >= 11 is 0. The van der Waals surface area contributed by atoms with Crippen LogP contribution in [0.1, 0.15) is 95.9 Å². The Labute approximate surface area is 224 Å². The Balaban J connectivity index is 5.10. The standard InChI is InChI=1S/C28H54N2O7/c1-18(35-13)17-37-26(7,8)14-15-36-20(3)19(2)29-24(34)27(9,10)28(11,12)30-23(33)21(16-22(31)32)25(4,5)6/h18-21H,14-17H2,1-13H3,(H,29,34)(H,30,33)(H,31,32). The highest BCUT2D eigenvalue weighted by Gasteiger charge is 2.46. The van der Waals surface area contributed by atoms with Crippen molar-refractivity contribution in [2.45, 2.75) is 125 Å². The molecule has 0 saturated heterocycles. The molecular formula is C28H54N2O7. The molecule has 3 N–H and O–H groups in total. The molecule has 0 saturated carbocycles. The molecule has 37 heavy (non-hydrogen) atoms. The maximum Gasteiger partial charge on any atom is 0.304 e. The minimum absolute atomic E-state index is 0.0169. The van der Waals surface area contributed by atoms with E-state index in [1.54, 1.807) is 34.8 Å². The lowest BCUT2D eigenvalue weighted by Gasteiger charge is -2.43. The lowest BCUT2D eigenvalue weighted by Crippen LogP contribution is -2.62. The third kappa shape index (κ3) is 11.7. The first kappa shape index (κ1) is 35.3. The number of aliphatic carboxylic acids is 1. The van der Waals surface area contributed by atoms with E-state index >= 15 is 0 Å². The van der Waals surface area contributed by atoms with Crippen molar-refractivity contribution < 1.29 is 33.7 Å². The van der Waals surface area contributed by atoms with Crippen LogP contribution in [0, 0.1) is 16.7 Å². The van der Waals surface area contributed by atoms with Crippen molar-refractivity contribution in [1.82, 2.24) is 10.6 Å². The monoisotopic (exact) mass is 530 g/mol. The van der Waals surface area contributed by atoms with E-state index in [0.29, 0.717) is 19.6 Å². The van der Waals surface area contributed by atoms with Crippen LogP contribution in [0.25, 0.3) is 0 Å². The Hall–Kier alpha value is -1.71. The smallest absolute Gasteiger partial charge is 0.304 e. The number of hydrogen-bond acceptors (Lipinski definition) is 6. The third-order valence-corrected chi connectivity index (χ3v) is 7.57. The van der Waals surface area contributed by atoms with Crippen LogP contribution in [-0.4, -0.2) is 72.6 Å². The molecule has 4 unspecified atom stereocenters. The fraction of sp³-hybridized carbons (Fsp3) is 0.893. The highest BCUT2D eigenvalue weighted by molar-refractivity contribution is 5.87. The van der Waals surface area contributed by atoms with Gasteiger partial charge in [0.15, 0.2) is 0 Å². The van der Waals surface area contributed by atoms with Crippen molar-refractivity contribution >= 4 is 17.8 Å². The third-order valence-electron chi connectivity index (χ3n) is 7.57. The zero-order valence-corrected chi connectivity index (χ0v) is 25.5. The minimum Gasteiger partial charge on any atom is -0.481 e. The number of carbonyl (C=O) groups is 3. The van der Waals surface area contributed by atoms with Crippen molar-refractivity contribution in [3.63, 3.8) is 0 Å². The fourth-order valence-corrected chi connectivity index (χ4v) is 3.42. The SMILES string of the molecule is COC(C)COC(C)(C)CCOC(C)C(C)NC(=O)C(C)(C)C(C)(C)NC(=O)C(CC(=O)O)C(C)(C)C. The zero-order chi connectivity index (χ0) is 29.4. The number of amides is 2. The minimum atomic E-state index is -1.04. The van der Waals surface area contributed by atoms with E-state index in [9.17, 15) is 19.5 Å². The Morgan fingerprint density at radius 3 is 1.92 bits per heavy atom. The Morgan fingerprint density at radius 1 is 0.919 bits per heavy atom. The van der Waals surface area contributed by atoms with E-state index in [0.717, 1.165) is 0 Å². The quantitative estimate of drug-likeness (QED) is 0.274. The molecule has 0 radical (unpaired) electrons. The van der Waals surface area contributed by atoms with E-state index in [1.165, 1.54) is 0 Å². The maximum absolute atomic E-state index is 13.3. The van der Waals surface area contributed by atoms with Gasteiger partial charge >= 0.3 is 5.97 Å². The van der Waals surface area contributed by atoms with Crippen molar-refractivity contribution in [3.8, 4) is 0 Å². The van der Waals surface area contributed by atoms with Gasteiger partial charge in [0, 0.05) is 19.3 Å². The Morgan fingerprint density at radius 2 is 1.46 bits per heavy atom. The molecule has 0 heterocycles. The fourth-order valence-electron chi connectivity index (χ4n) is 3.42. The predicted molar refractivity (Wildman–Crippen MR) is 145 cm³/mol. The number of methoxy groups -OCH3 is 1. The second-order valence-corrected chi connectivity index (χ2v) is 13.0. The van der Waals surface area contributed by atoms with Crippen LogP contribution in [-0.2, 0) is 28.6 Å². The molecule has 9 heteroatoms. The number of hydrogen-bond donors (Lipinski definition) is 3. The molecule has 9 nitrogen and oxygen atoms in total. The predicted octanol–water partition coefficient (Wildman–Crippen LogP) is 4.17. The first-order chi connectivity index (χ1) is 16.6. The summed E-state index contributed by atoms with van der Waals surface area (Å²) in [4.78, 5) is 37.8. The van der Waals surface area contributed by atoms with E-state index in [4.69, 9.17) is 14.2 Å². The van der Waals surface area contributed by atoms with Gasteiger partial charge in [-0.1, -0.05) is 20.8 Å². The summed E-state index contributed by atoms with van der Waals surface area (Å²) in [6, 6.07) is -0.273. The van der Waals surface area contributed by atoms with Gasteiger partial charge in [0.1, 0.15) is 0 Å². The summed E-state index contributed by atoms with van der Waals surface area (Å²) in [6.07, 6.45) is 0.178. The molecule has 0 aromatic rings. The summed E-state index contributed by atoms with van der Waals surface area (Å²) in [5, 5.41) is 15.3. The molecule has 0 fully saturated rings. The van der Waals surface area contributed by atoms with Gasteiger partial charge in [-0.15, -0.1) is 0 Å². The summed E-state index contributed by atoms with van der Waals surface area (Å²) in [5.74, 6) is -2.38. The van der Waals surface area contributed by atoms with Crippen LogP contribution >= 0.6 is 0 Å². The molecule has 0 aliphatic heterocycles. The Bertz CT molecular complexity index is 756. The second-order valence-electron chi connectivity index (χ2n) is 13.0. The second kappa shape index (κ2) is 13.9. The first-order valence-electron chi connectivity index (χ1n) is 13.2. The Kier molecular flexibility index (Phi) is 13.3. The highest BCUT2D eigenvalue weighted by atomic mass is 16.5. The highest BCUT2D eigenvalue weighted by Crippen LogP contribution is 2.34. The molecule has 0 rings (SSSR count). The maximum atomic E-state index is 13.3. The molecule has 4 atom stereocenters. The summed E-state index contributed by atoms with van der Waals surface area (Å²) < 4.78 is 17.1. The van der Waals surface area contributed by atoms with Crippen LogP contribution in [0.4, 0.5) is 0 Å². The molecule has 0 aromatic carbocycles. The number of carbonyl (C=O) groups excluding carboxylic acids is 2. The summed E-state index contributed by atoms with van der Waals surface area (Å²) in [5.41, 5.74) is -2.85. The van der Waals surface area contributed by atoms with Crippen molar-refractivity contribution in [1.29, 1.82) is 0 Å². The normalized spacial score (nSPS) is 16.5. The van der Waals surface area contributed by atoms with Gasteiger partial charge in [-0.3, -0.25) is 14.4 Å². The summed E-state index contributed by atoms with van der Waals surface area (Å²) in [6.45, 7) is 23.3. The lowest BCUT2D eigenvalue weighted by atomic mass is 9.72. The van der Waals surface area contributed by atoms with Crippen LogP contribution in [0.5, 0.6) is 0 Å². The van der Waals surface area contributed by atoms with Crippen LogP contribution < -0.4 is 10.6 Å². The molecule has 0 spiro atoms. The van der Waals surface area contributed by atoms with Gasteiger partial charge in [-0.05, 0) is 74.1 Å². The van der Waals surface area contributed by atoms with E-state index in [-0.39, 0.29) is 42.1 Å². The number of carboxylic acid groups (broad SMARTS) is 1. The zero-order valence-electron chi connectivity index (χ0n) is 25.5. The van der Waals surface area contributed by atoms with Gasteiger partial charge in [-0.25, -0.2) is 0 Å². The van der Waals surface area contributed by atoms with Crippen molar-refractivity contribution in [3.05, 3.63) is 0 Å². The molecule has 0 aliphatic rings. The largest absolute Gasteiger partial charge is 0.481 e. The number of nitrogens with one attached hydrogen (secondary N) is 2. The topological polar surface area (TPSA) is 123 Å². The molecule has 0 aromatic heterocycles.